The van der Waals surface area contributed by atoms with E-state index in [1.165, 1.54) is 0 Å². The van der Waals surface area contributed by atoms with Gasteiger partial charge < -0.3 is 4.74 Å². The number of hydrogen-bond acceptors (Lipinski definition) is 2. The number of rotatable bonds is 3. The molecule has 1 aliphatic heterocycles. The maximum Gasteiger partial charge on any atom is 0.133 e. The maximum absolute atomic E-state index is 11.5. The van der Waals surface area contributed by atoms with Crippen LogP contribution in [0.3, 0.4) is 0 Å². The molecule has 0 spiro atoms. The standard InChI is InChI=1S/C13H24O2/c1-8(2)12-6-11(10(5)14)7-13(15-12)9(3)4/h8-9,11-13H,6-7H2,1-5H3/t12-,13-/m0/s1. The van der Waals surface area contributed by atoms with Crippen LogP contribution in [0.15, 0.2) is 0 Å². The molecule has 1 rings (SSSR count). The third-order valence-electron chi connectivity index (χ3n) is 3.45. The van der Waals surface area contributed by atoms with Gasteiger partial charge in [0, 0.05) is 5.92 Å². The Balaban J connectivity index is 2.68. The first-order chi connectivity index (χ1) is 6.91. The van der Waals surface area contributed by atoms with Gasteiger partial charge in [0.1, 0.15) is 5.78 Å². The first kappa shape index (κ1) is 12.7. The molecule has 0 saturated carbocycles. The molecule has 1 heterocycles. The molecule has 0 aromatic rings. The van der Waals surface area contributed by atoms with Crippen molar-refractivity contribution in [1.29, 1.82) is 0 Å². The van der Waals surface area contributed by atoms with Gasteiger partial charge in [-0.15, -0.1) is 0 Å². The molecule has 0 aromatic carbocycles. The number of carbonyl (C=O) groups is 1. The molecule has 1 fully saturated rings. The van der Waals surface area contributed by atoms with Gasteiger partial charge in [-0.3, -0.25) is 4.79 Å². The van der Waals surface area contributed by atoms with E-state index in [1.54, 1.807) is 6.92 Å². The van der Waals surface area contributed by atoms with E-state index in [-0.39, 0.29) is 18.1 Å². The third kappa shape index (κ3) is 3.30. The van der Waals surface area contributed by atoms with Gasteiger partial charge in [-0.05, 0) is 31.6 Å². The van der Waals surface area contributed by atoms with Gasteiger partial charge in [0.05, 0.1) is 12.2 Å². The molecule has 2 nitrogen and oxygen atoms in total. The molecule has 15 heavy (non-hydrogen) atoms. The Morgan fingerprint density at radius 2 is 1.47 bits per heavy atom. The second kappa shape index (κ2) is 5.11. The Hall–Kier alpha value is -0.370. The van der Waals surface area contributed by atoms with Crippen LogP contribution in [0, 0.1) is 17.8 Å². The molecule has 0 bridgehead atoms. The van der Waals surface area contributed by atoms with E-state index in [4.69, 9.17) is 4.74 Å². The van der Waals surface area contributed by atoms with E-state index in [1.807, 2.05) is 0 Å². The molecule has 2 atom stereocenters. The summed E-state index contributed by atoms with van der Waals surface area (Å²) in [6.45, 7) is 10.4. The Bertz CT molecular complexity index is 205. The van der Waals surface area contributed by atoms with Crippen LogP contribution < -0.4 is 0 Å². The van der Waals surface area contributed by atoms with Gasteiger partial charge in [-0.2, -0.15) is 0 Å². The summed E-state index contributed by atoms with van der Waals surface area (Å²) in [6.07, 6.45) is 2.35. The molecule has 0 N–H and O–H groups in total. The summed E-state index contributed by atoms with van der Waals surface area (Å²) < 4.78 is 6.04. The zero-order valence-corrected chi connectivity index (χ0v) is 10.6. The highest BCUT2D eigenvalue weighted by molar-refractivity contribution is 5.78. The minimum Gasteiger partial charge on any atom is -0.374 e. The van der Waals surface area contributed by atoms with Crippen molar-refractivity contribution < 1.29 is 9.53 Å². The van der Waals surface area contributed by atoms with Crippen molar-refractivity contribution in [2.24, 2.45) is 17.8 Å². The Morgan fingerprint density at radius 1 is 1.07 bits per heavy atom. The van der Waals surface area contributed by atoms with Crippen LogP contribution in [0.5, 0.6) is 0 Å². The van der Waals surface area contributed by atoms with E-state index in [9.17, 15) is 4.79 Å². The highest BCUT2D eigenvalue weighted by Crippen LogP contribution is 2.32. The van der Waals surface area contributed by atoms with E-state index in [0.29, 0.717) is 17.6 Å². The van der Waals surface area contributed by atoms with Crippen molar-refractivity contribution >= 4 is 5.78 Å². The number of Topliss-reactive ketones (excluding diaryl/α,β-unsaturated/α-hetero) is 1. The van der Waals surface area contributed by atoms with E-state index in [0.717, 1.165) is 12.8 Å². The topological polar surface area (TPSA) is 26.3 Å². The fourth-order valence-corrected chi connectivity index (χ4v) is 2.18. The van der Waals surface area contributed by atoms with E-state index >= 15 is 0 Å². The third-order valence-corrected chi connectivity index (χ3v) is 3.45. The largest absolute Gasteiger partial charge is 0.374 e. The second-order valence-electron chi connectivity index (χ2n) is 5.48. The normalized spacial score (nSPS) is 32.3. The molecule has 0 amide bonds. The monoisotopic (exact) mass is 212 g/mol. The lowest BCUT2D eigenvalue weighted by Crippen LogP contribution is -2.40. The summed E-state index contributed by atoms with van der Waals surface area (Å²) in [4.78, 5) is 11.5. The van der Waals surface area contributed by atoms with Gasteiger partial charge in [0.25, 0.3) is 0 Å². The van der Waals surface area contributed by atoms with E-state index < -0.39 is 0 Å². The Labute approximate surface area is 93.4 Å². The summed E-state index contributed by atoms with van der Waals surface area (Å²) in [5, 5.41) is 0. The number of ether oxygens (including phenoxy) is 1. The summed E-state index contributed by atoms with van der Waals surface area (Å²) in [5.41, 5.74) is 0. The van der Waals surface area contributed by atoms with Crippen LogP contribution in [0.4, 0.5) is 0 Å². The predicted molar refractivity (Wildman–Crippen MR) is 61.7 cm³/mol. The minimum absolute atomic E-state index is 0.221. The highest BCUT2D eigenvalue weighted by Gasteiger charge is 2.34. The molecule has 1 aliphatic rings. The highest BCUT2D eigenvalue weighted by atomic mass is 16.5. The van der Waals surface area contributed by atoms with Crippen LogP contribution >= 0.6 is 0 Å². The molecule has 0 aliphatic carbocycles. The molecule has 0 aromatic heterocycles. The molecule has 88 valence electrons. The Kier molecular flexibility index (Phi) is 4.32. The molecule has 1 saturated heterocycles. The number of ketones is 1. The number of hydrogen-bond donors (Lipinski definition) is 0. The average molecular weight is 212 g/mol. The maximum atomic E-state index is 11.5. The van der Waals surface area contributed by atoms with E-state index in [2.05, 4.69) is 27.7 Å². The smallest absolute Gasteiger partial charge is 0.133 e. The lowest BCUT2D eigenvalue weighted by Gasteiger charge is -2.38. The lowest BCUT2D eigenvalue weighted by atomic mass is 9.82. The first-order valence-electron chi connectivity index (χ1n) is 6.07. The molecule has 2 heteroatoms. The zero-order chi connectivity index (χ0) is 11.6. The fourth-order valence-electron chi connectivity index (χ4n) is 2.18. The van der Waals surface area contributed by atoms with Crippen LogP contribution in [-0.2, 0) is 9.53 Å². The van der Waals surface area contributed by atoms with Crippen LogP contribution in [0.25, 0.3) is 0 Å². The van der Waals surface area contributed by atoms with Gasteiger partial charge in [0.15, 0.2) is 0 Å². The number of carbonyl (C=O) groups excluding carboxylic acids is 1. The summed E-state index contributed by atoms with van der Waals surface area (Å²) >= 11 is 0. The molecule has 0 radical (unpaired) electrons. The van der Waals surface area contributed by atoms with Crippen molar-refractivity contribution in [1.82, 2.24) is 0 Å². The first-order valence-corrected chi connectivity index (χ1v) is 6.07. The molecule has 0 unspecified atom stereocenters. The summed E-state index contributed by atoms with van der Waals surface area (Å²) in [5.74, 6) is 1.56. The second-order valence-corrected chi connectivity index (χ2v) is 5.48. The quantitative estimate of drug-likeness (QED) is 0.718. The van der Waals surface area contributed by atoms with Crippen LogP contribution in [0.2, 0.25) is 0 Å². The lowest BCUT2D eigenvalue weighted by molar-refractivity contribution is -0.138. The zero-order valence-electron chi connectivity index (χ0n) is 10.6. The average Bonchev–Trinajstić information content (AvgIpc) is 2.16. The predicted octanol–water partition coefficient (Wildman–Crippen LogP) is 3.05. The van der Waals surface area contributed by atoms with Gasteiger partial charge >= 0.3 is 0 Å². The van der Waals surface area contributed by atoms with Crippen LogP contribution in [0.1, 0.15) is 47.5 Å². The fraction of sp³-hybridized carbons (Fsp3) is 0.923. The van der Waals surface area contributed by atoms with Gasteiger partial charge in [0.2, 0.25) is 0 Å². The SMILES string of the molecule is CC(=O)C1C[C@@H](C(C)C)O[C@H](C(C)C)C1. The van der Waals surface area contributed by atoms with Crippen molar-refractivity contribution in [2.45, 2.75) is 59.7 Å². The molecular formula is C13H24O2. The molecular weight excluding hydrogens is 188 g/mol. The van der Waals surface area contributed by atoms with Crippen molar-refractivity contribution in [3.05, 3.63) is 0 Å². The van der Waals surface area contributed by atoms with Crippen molar-refractivity contribution in [2.75, 3.05) is 0 Å². The van der Waals surface area contributed by atoms with Crippen LogP contribution in [-0.4, -0.2) is 18.0 Å². The van der Waals surface area contributed by atoms with Crippen molar-refractivity contribution in [3.8, 4) is 0 Å². The Morgan fingerprint density at radius 3 is 1.73 bits per heavy atom. The van der Waals surface area contributed by atoms with Gasteiger partial charge in [-0.1, -0.05) is 27.7 Å². The van der Waals surface area contributed by atoms with Gasteiger partial charge in [-0.25, -0.2) is 0 Å². The van der Waals surface area contributed by atoms with Crippen molar-refractivity contribution in [3.63, 3.8) is 0 Å². The minimum atomic E-state index is 0.221. The summed E-state index contributed by atoms with van der Waals surface area (Å²) in [6, 6.07) is 0. The summed E-state index contributed by atoms with van der Waals surface area (Å²) in [7, 11) is 0.